The third kappa shape index (κ3) is 4.30. The number of alkyl halides is 1. The molecule has 5 atom stereocenters. The summed E-state index contributed by atoms with van der Waals surface area (Å²) in [5.41, 5.74) is 2.98. The molecule has 5 rings (SSSR count). The van der Waals surface area contributed by atoms with E-state index in [-0.39, 0.29) is 39.4 Å². The zero-order chi connectivity index (χ0) is 25.7. The number of para-hydroxylation sites is 1. The van der Waals surface area contributed by atoms with Gasteiger partial charge in [0.15, 0.2) is 0 Å². The Morgan fingerprint density at radius 3 is 2.42 bits per heavy atom. The minimum atomic E-state index is -0.505. The van der Waals surface area contributed by atoms with Crippen molar-refractivity contribution in [2.24, 2.45) is 5.92 Å². The highest BCUT2D eigenvalue weighted by Crippen LogP contribution is 2.60. The standard InChI is InChI=1S/C25H20Cl3N3O4S/c1-12-6-9-18(31(34)35)22-21-15(25(29-24(12)22)14-8-7-13(26)10-16(14)27)11-20(23(21)28)36-19-5-3-2-4-17(19)30(32)33/h2-10,15,20-21,23,25,29H,11H2,1H3/t15-,20+,21+,23+,25-/m1/s1. The first kappa shape index (κ1) is 25.1. The summed E-state index contributed by atoms with van der Waals surface area (Å²) in [6, 6.07) is 14.8. The highest BCUT2D eigenvalue weighted by Gasteiger charge is 2.53. The fourth-order valence-electron chi connectivity index (χ4n) is 5.44. The lowest BCUT2D eigenvalue weighted by Gasteiger charge is -2.39. The maximum Gasteiger partial charge on any atom is 0.282 e. The Kier molecular flexibility index (Phi) is 6.80. The monoisotopic (exact) mass is 563 g/mol. The minimum absolute atomic E-state index is 0.0129. The van der Waals surface area contributed by atoms with Crippen LogP contribution >= 0.6 is 46.6 Å². The molecule has 186 valence electrons. The molecule has 0 saturated heterocycles. The first-order valence-electron chi connectivity index (χ1n) is 11.2. The summed E-state index contributed by atoms with van der Waals surface area (Å²) in [6.45, 7) is 1.90. The number of hydrogen-bond acceptors (Lipinski definition) is 6. The molecule has 7 nitrogen and oxygen atoms in total. The Labute approximate surface area is 226 Å². The van der Waals surface area contributed by atoms with Crippen molar-refractivity contribution in [2.45, 2.75) is 40.8 Å². The van der Waals surface area contributed by atoms with Crippen LogP contribution < -0.4 is 5.32 Å². The summed E-state index contributed by atoms with van der Waals surface area (Å²) < 4.78 is 0. The van der Waals surface area contributed by atoms with E-state index in [4.69, 9.17) is 34.8 Å². The van der Waals surface area contributed by atoms with E-state index in [0.29, 0.717) is 32.6 Å². The third-order valence-corrected chi connectivity index (χ3v) is 9.67. The maximum absolute atomic E-state index is 12.0. The second-order valence-corrected chi connectivity index (χ2v) is 11.6. The SMILES string of the molecule is Cc1ccc([N+](=O)[O-])c2c1N[C@H](c1ccc(Cl)cc1Cl)[C@@H]1C[C@H](Sc3ccccc3[N+](=O)[O-])[C@H](Cl)[C@H]21. The Hall–Kier alpha value is -2.52. The number of nitro groups is 2. The lowest BCUT2D eigenvalue weighted by molar-refractivity contribution is -0.387. The van der Waals surface area contributed by atoms with Gasteiger partial charge in [-0.1, -0.05) is 47.5 Å². The molecule has 0 unspecified atom stereocenters. The van der Waals surface area contributed by atoms with Crippen LogP contribution in [-0.2, 0) is 0 Å². The molecule has 1 fully saturated rings. The molecule has 3 aromatic rings. The fourth-order valence-corrected chi connectivity index (χ4v) is 7.90. The van der Waals surface area contributed by atoms with E-state index < -0.39 is 10.3 Å². The smallest absolute Gasteiger partial charge is 0.282 e. The van der Waals surface area contributed by atoms with Gasteiger partial charge in [0.1, 0.15) is 0 Å². The van der Waals surface area contributed by atoms with Crippen molar-refractivity contribution in [1.82, 2.24) is 0 Å². The number of nitrogens with zero attached hydrogens (tertiary/aromatic N) is 2. The number of nitro benzene ring substituents is 2. The van der Waals surface area contributed by atoms with Gasteiger partial charge in [-0.15, -0.1) is 23.4 Å². The van der Waals surface area contributed by atoms with E-state index in [0.717, 1.165) is 11.1 Å². The number of aryl methyl sites for hydroxylation is 1. The van der Waals surface area contributed by atoms with Gasteiger partial charge < -0.3 is 5.32 Å². The van der Waals surface area contributed by atoms with Gasteiger partial charge in [-0.2, -0.15) is 0 Å². The zero-order valence-electron chi connectivity index (χ0n) is 18.9. The highest BCUT2D eigenvalue weighted by atomic mass is 35.5. The molecule has 1 N–H and O–H groups in total. The van der Waals surface area contributed by atoms with Gasteiger partial charge >= 0.3 is 0 Å². The molecule has 1 saturated carbocycles. The molecule has 0 spiro atoms. The number of anilines is 1. The molecule has 0 amide bonds. The molecular formula is C25H20Cl3N3O4S. The van der Waals surface area contributed by atoms with Gasteiger partial charge in [-0.05, 0) is 48.6 Å². The quantitative estimate of drug-likeness (QED) is 0.191. The molecule has 36 heavy (non-hydrogen) atoms. The Balaban J connectivity index is 1.63. The lowest BCUT2D eigenvalue weighted by atomic mass is 9.76. The van der Waals surface area contributed by atoms with Crippen LogP contribution in [0.25, 0.3) is 0 Å². The van der Waals surface area contributed by atoms with E-state index in [1.54, 1.807) is 36.4 Å². The molecule has 2 aliphatic rings. The minimum Gasteiger partial charge on any atom is -0.377 e. The first-order valence-corrected chi connectivity index (χ1v) is 13.3. The number of rotatable bonds is 5. The van der Waals surface area contributed by atoms with E-state index in [9.17, 15) is 20.2 Å². The molecule has 0 aromatic heterocycles. The van der Waals surface area contributed by atoms with Crippen LogP contribution in [0.5, 0.6) is 0 Å². The lowest BCUT2D eigenvalue weighted by Crippen LogP contribution is -2.32. The number of fused-ring (bicyclic) bond motifs is 3. The number of benzene rings is 3. The normalized spacial score (nSPS) is 24.5. The average Bonchev–Trinajstić information content (AvgIpc) is 3.15. The van der Waals surface area contributed by atoms with Gasteiger partial charge in [0, 0.05) is 39.0 Å². The maximum atomic E-state index is 12.0. The Morgan fingerprint density at radius 1 is 1.00 bits per heavy atom. The summed E-state index contributed by atoms with van der Waals surface area (Å²) in [4.78, 5) is 23.4. The summed E-state index contributed by atoms with van der Waals surface area (Å²) in [5.74, 6) is -0.500. The molecule has 1 aliphatic carbocycles. The van der Waals surface area contributed by atoms with Crippen molar-refractivity contribution >= 4 is 63.6 Å². The highest BCUT2D eigenvalue weighted by molar-refractivity contribution is 8.00. The summed E-state index contributed by atoms with van der Waals surface area (Å²) in [6.07, 6.45) is 0.580. The number of nitrogens with one attached hydrogen (secondary N) is 1. The van der Waals surface area contributed by atoms with Gasteiger partial charge in [0.2, 0.25) is 0 Å². The second kappa shape index (κ2) is 9.74. The number of halogens is 3. The molecule has 0 radical (unpaired) electrons. The molecule has 11 heteroatoms. The van der Waals surface area contributed by atoms with Gasteiger partial charge in [0.25, 0.3) is 11.4 Å². The van der Waals surface area contributed by atoms with Gasteiger partial charge in [-0.3, -0.25) is 20.2 Å². The molecule has 1 aliphatic heterocycles. The summed E-state index contributed by atoms with van der Waals surface area (Å²) >= 11 is 21.2. The number of thioether (sulfide) groups is 1. The van der Waals surface area contributed by atoms with Gasteiger partial charge in [-0.25, -0.2) is 0 Å². The molecule has 1 heterocycles. The van der Waals surface area contributed by atoms with Crippen LogP contribution in [-0.4, -0.2) is 20.5 Å². The first-order chi connectivity index (χ1) is 17.2. The molecular weight excluding hydrogens is 545 g/mol. The fraction of sp³-hybridized carbons (Fsp3) is 0.280. The van der Waals surface area contributed by atoms with Crippen LogP contribution in [0.1, 0.15) is 35.1 Å². The third-order valence-electron chi connectivity index (χ3n) is 6.99. The van der Waals surface area contributed by atoms with Crippen molar-refractivity contribution in [3.8, 4) is 0 Å². The van der Waals surface area contributed by atoms with Crippen molar-refractivity contribution in [3.63, 3.8) is 0 Å². The van der Waals surface area contributed by atoms with Gasteiger partial charge in [0.05, 0.1) is 31.7 Å². The summed E-state index contributed by atoms with van der Waals surface area (Å²) in [7, 11) is 0. The van der Waals surface area contributed by atoms with Crippen LogP contribution in [0.2, 0.25) is 10.0 Å². The largest absolute Gasteiger partial charge is 0.377 e. The predicted octanol–water partition coefficient (Wildman–Crippen LogP) is 8.16. The van der Waals surface area contributed by atoms with E-state index >= 15 is 0 Å². The molecule has 3 aromatic carbocycles. The van der Waals surface area contributed by atoms with E-state index in [1.807, 2.05) is 13.0 Å². The summed E-state index contributed by atoms with van der Waals surface area (Å²) in [5, 5.41) is 27.4. The predicted molar refractivity (Wildman–Crippen MR) is 144 cm³/mol. The van der Waals surface area contributed by atoms with Crippen molar-refractivity contribution in [2.75, 3.05) is 5.32 Å². The zero-order valence-corrected chi connectivity index (χ0v) is 21.9. The van der Waals surface area contributed by atoms with E-state index in [1.165, 1.54) is 23.9 Å². The van der Waals surface area contributed by atoms with Crippen LogP contribution in [0.3, 0.4) is 0 Å². The average molecular weight is 565 g/mol. The Bertz CT molecular complexity index is 1390. The van der Waals surface area contributed by atoms with Crippen LogP contribution in [0, 0.1) is 33.1 Å². The van der Waals surface area contributed by atoms with Crippen molar-refractivity contribution < 1.29 is 9.85 Å². The van der Waals surface area contributed by atoms with Crippen molar-refractivity contribution in [1.29, 1.82) is 0 Å². The topological polar surface area (TPSA) is 98.3 Å². The molecule has 0 bridgehead atoms. The number of hydrogen-bond donors (Lipinski definition) is 1. The second-order valence-electron chi connectivity index (χ2n) is 8.99. The Morgan fingerprint density at radius 2 is 1.72 bits per heavy atom. The van der Waals surface area contributed by atoms with Crippen LogP contribution in [0.4, 0.5) is 17.1 Å². The van der Waals surface area contributed by atoms with Crippen molar-refractivity contribution in [3.05, 3.63) is 102 Å². The van der Waals surface area contributed by atoms with Crippen LogP contribution in [0.15, 0.2) is 59.5 Å². The van der Waals surface area contributed by atoms with E-state index in [2.05, 4.69) is 5.32 Å².